The molecule has 0 saturated carbocycles. The molecule has 8 unspecified atom stereocenters. The Hall–Kier alpha value is -4.39. The van der Waals surface area contributed by atoms with Crippen molar-refractivity contribution in [3.8, 4) is 0 Å². The first-order chi connectivity index (χ1) is 26.2. The normalized spacial score (nSPS) is 16.5. The number of carbonyl (C=O) groups excluding carboxylic acids is 2. The second kappa shape index (κ2) is 19.5. The lowest BCUT2D eigenvalue weighted by atomic mass is 10.0. The molecule has 0 aliphatic rings. The van der Waals surface area contributed by atoms with Gasteiger partial charge < -0.3 is 72.4 Å². The topological polar surface area (TPSA) is 340 Å². The van der Waals surface area contributed by atoms with Gasteiger partial charge in [0.1, 0.15) is 48.7 Å². The molecule has 0 aliphatic heterocycles. The number of nitrogens with zero attached hydrogens (tertiary/aromatic N) is 5. The number of aryl methyl sites for hydroxylation is 2. The van der Waals surface area contributed by atoms with Crippen LogP contribution in [0, 0.1) is 0 Å². The smallest absolute Gasteiger partial charge is 0.277 e. The number of hydrogen-bond donors (Lipinski definition) is 14. The summed E-state index contributed by atoms with van der Waals surface area (Å²) in [4.78, 5) is 39.2. The van der Waals surface area contributed by atoms with E-state index < -0.39 is 86.9 Å². The SMILES string of the molecule is CCn1c(CNC(=O)c2nc3cc[nH]c3nc2N)[n+](CC)c2ccc(C(=O)NCCN(CC(O)C(O)C(O)C(O)CO)CC(O)C(O)C(O)C(O)CO)cc21. The number of nitrogens with one attached hydrogen (secondary N) is 3. The van der Waals surface area contributed by atoms with Gasteiger partial charge in [0.25, 0.3) is 17.6 Å². The van der Waals surface area contributed by atoms with Gasteiger partial charge in [-0.15, -0.1) is 0 Å². The molecule has 4 rings (SSSR count). The minimum Gasteiger partial charge on any atom is -0.394 e. The summed E-state index contributed by atoms with van der Waals surface area (Å²) in [5, 5.41) is 105. The summed E-state index contributed by atoms with van der Waals surface area (Å²) >= 11 is 0. The van der Waals surface area contributed by atoms with Crippen molar-refractivity contribution >= 4 is 39.8 Å². The van der Waals surface area contributed by atoms with Gasteiger partial charge in [0.2, 0.25) is 0 Å². The molecule has 0 radical (unpaired) electrons. The number of imidazole rings is 1. The number of aliphatic hydroxyl groups is 10. The number of nitrogen functional groups attached to an aromatic ring is 1. The summed E-state index contributed by atoms with van der Waals surface area (Å²) in [6.07, 6.45) is -13.2. The van der Waals surface area contributed by atoms with E-state index in [0.717, 1.165) is 11.3 Å². The minimum absolute atomic E-state index is 0.0145. The van der Waals surface area contributed by atoms with Crippen molar-refractivity contribution in [1.82, 2.24) is 35.1 Å². The molecule has 2 amide bonds. The largest absolute Gasteiger partial charge is 0.394 e. The van der Waals surface area contributed by atoms with E-state index in [1.807, 2.05) is 23.0 Å². The molecular weight excluding hydrogens is 726 g/mol. The highest BCUT2D eigenvalue weighted by atomic mass is 16.4. The highest BCUT2D eigenvalue weighted by Crippen LogP contribution is 2.19. The second-order valence-corrected chi connectivity index (χ2v) is 13.1. The molecule has 55 heavy (non-hydrogen) atoms. The van der Waals surface area contributed by atoms with Gasteiger partial charge in [-0.25, -0.2) is 19.1 Å². The highest BCUT2D eigenvalue weighted by molar-refractivity contribution is 5.98. The van der Waals surface area contributed by atoms with E-state index in [1.165, 1.54) is 4.90 Å². The molecule has 21 nitrogen and oxygen atoms in total. The van der Waals surface area contributed by atoms with E-state index in [2.05, 4.69) is 25.6 Å². The van der Waals surface area contributed by atoms with Crippen LogP contribution in [0.1, 0.15) is 40.5 Å². The van der Waals surface area contributed by atoms with Gasteiger partial charge in [-0.05, 0) is 32.0 Å². The van der Waals surface area contributed by atoms with Crippen molar-refractivity contribution < 1.29 is 65.2 Å². The third kappa shape index (κ3) is 10.1. The fourth-order valence-corrected chi connectivity index (χ4v) is 6.28. The Morgan fingerprint density at radius 3 is 2.02 bits per heavy atom. The number of aromatic amines is 1. The molecule has 0 saturated heterocycles. The molecule has 8 atom stereocenters. The van der Waals surface area contributed by atoms with E-state index in [9.17, 15) is 50.4 Å². The van der Waals surface area contributed by atoms with Crippen LogP contribution in [0.4, 0.5) is 5.82 Å². The van der Waals surface area contributed by atoms with E-state index in [-0.39, 0.29) is 36.7 Å². The van der Waals surface area contributed by atoms with Crippen LogP contribution in [0.5, 0.6) is 0 Å². The van der Waals surface area contributed by atoms with Gasteiger partial charge in [0.05, 0.1) is 38.5 Å². The van der Waals surface area contributed by atoms with Gasteiger partial charge in [0, 0.05) is 44.0 Å². The third-order valence-corrected chi connectivity index (χ3v) is 9.36. The van der Waals surface area contributed by atoms with Crippen molar-refractivity contribution in [2.75, 3.05) is 45.1 Å². The lowest BCUT2D eigenvalue weighted by Gasteiger charge is -2.33. The Balaban J connectivity index is 1.48. The zero-order chi connectivity index (χ0) is 40.6. The Kier molecular flexibility index (Phi) is 15.3. The van der Waals surface area contributed by atoms with E-state index in [0.29, 0.717) is 29.8 Å². The van der Waals surface area contributed by atoms with Crippen molar-refractivity contribution in [3.05, 3.63) is 47.5 Å². The first-order valence-electron chi connectivity index (χ1n) is 17.8. The van der Waals surface area contributed by atoms with Crippen LogP contribution >= 0.6 is 0 Å². The summed E-state index contributed by atoms with van der Waals surface area (Å²) in [7, 11) is 0. The number of benzene rings is 1. The molecule has 0 fully saturated rings. The number of amides is 2. The molecule has 15 N–H and O–H groups in total. The summed E-state index contributed by atoms with van der Waals surface area (Å²) in [6.45, 7) is 1.99. The van der Waals surface area contributed by atoms with Crippen LogP contribution in [0.25, 0.3) is 22.2 Å². The maximum Gasteiger partial charge on any atom is 0.277 e. The zero-order valence-electron chi connectivity index (χ0n) is 30.5. The van der Waals surface area contributed by atoms with E-state index in [1.54, 1.807) is 30.5 Å². The van der Waals surface area contributed by atoms with E-state index >= 15 is 0 Å². The first kappa shape index (κ1) is 43.3. The second-order valence-electron chi connectivity index (χ2n) is 13.1. The Bertz CT molecular complexity index is 1860. The zero-order valence-corrected chi connectivity index (χ0v) is 30.5. The lowest BCUT2D eigenvalue weighted by molar-refractivity contribution is -0.676. The molecular formula is C34H52N9O12+. The van der Waals surface area contributed by atoms with Crippen LogP contribution in [0.2, 0.25) is 0 Å². The number of anilines is 1. The van der Waals surface area contributed by atoms with Crippen molar-refractivity contribution in [1.29, 1.82) is 0 Å². The lowest BCUT2D eigenvalue weighted by Crippen LogP contribution is -2.54. The average Bonchev–Trinajstić information content (AvgIpc) is 3.77. The van der Waals surface area contributed by atoms with Crippen molar-refractivity contribution in [2.45, 2.75) is 82.3 Å². The Morgan fingerprint density at radius 1 is 0.855 bits per heavy atom. The molecule has 4 aromatic rings. The van der Waals surface area contributed by atoms with Gasteiger partial charge in [-0.3, -0.25) is 14.5 Å². The maximum absolute atomic E-state index is 13.4. The Labute approximate surface area is 314 Å². The average molecular weight is 779 g/mol. The van der Waals surface area contributed by atoms with Crippen LogP contribution in [-0.4, -0.2) is 176 Å². The summed E-state index contributed by atoms with van der Waals surface area (Å²) in [5.41, 5.74) is 8.72. The van der Waals surface area contributed by atoms with Crippen molar-refractivity contribution in [2.24, 2.45) is 0 Å². The first-order valence-corrected chi connectivity index (χ1v) is 17.8. The van der Waals surface area contributed by atoms with E-state index in [4.69, 9.17) is 15.9 Å². The number of H-pyrrole nitrogens is 1. The number of carbonyl (C=O) groups is 2. The van der Waals surface area contributed by atoms with Crippen LogP contribution in [0.15, 0.2) is 30.5 Å². The quantitative estimate of drug-likeness (QED) is 0.0351. The predicted molar refractivity (Wildman–Crippen MR) is 194 cm³/mol. The van der Waals surface area contributed by atoms with Crippen LogP contribution in [0.3, 0.4) is 0 Å². The number of rotatable bonds is 21. The fraction of sp³-hybridized carbons (Fsp3) is 0.559. The van der Waals surface area contributed by atoms with Crippen molar-refractivity contribution in [3.63, 3.8) is 0 Å². The highest BCUT2D eigenvalue weighted by Gasteiger charge is 2.34. The number of nitrogens with two attached hydrogens (primary N) is 1. The van der Waals surface area contributed by atoms with Gasteiger partial charge in [-0.1, -0.05) is 0 Å². The number of aromatic nitrogens is 5. The minimum atomic E-state index is -1.95. The van der Waals surface area contributed by atoms with Crippen LogP contribution in [-0.2, 0) is 19.6 Å². The molecule has 0 aliphatic carbocycles. The molecule has 21 heteroatoms. The molecule has 3 heterocycles. The fourth-order valence-electron chi connectivity index (χ4n) is 6.28. The molecule has 0 spiro atoms. The number of aliphatic hydroxyl groups excluding tert-OH is 10. The molecule has 1 aromatic carbocycles. The Morgan fingerprint density at radius 2 is 1.45 bits per heavy atom. The van der Waals surface area contributed by atoms with Crippen LogP contribution < -0.4 is 20.9 Å². The summed E-state index contributed by atoms with van der Waals surface area (Å²) < 4.78 is 3.95. The van der Waals surface area contributed by atoms with Gasteiger partial charge in [0.15, 0.2) is 28.2 Å². The molecule has 0 bridgehead atoms. The summed E-state index contributed by atoms with van der Waals surface area (Å²) in [5.74, 6) is -0.297. The molecule has 3 aromatic heterocycles. The molecule has 304 valence electrons. The third-order valence-electron chi connectivity index (χ3n) is 9.36. The predicted octanol–water partition coefficient (Wildman–Crippen LogP) is -5.34. The number of fused-ring (bicyclic) bond motifs is 2. The standard InChI is InChI=1S/C34H51N9O12/c1-3-42-19-6-5-17(11-20(19)43(4-2)25(42)12-38-34(55)26-31(35)40-32-18(39-26)7-8-36-32)33(54)37-9-10-41(13-21(46)27(50)29(52)23(48)15-44)14-22(47)28(51)30(53)24(49)16-45/h5-8,11,21-24,27-30,44-53H,3-4,9-10,12-16H2,1-2H3,(H4-,35,36,37,38,39,40,54,55)/p+1. The monoisotopic (exact) mass is 778 g/mol. The van der Waals surface area contributed by atoms with Gasteiger partial charge >= 0.3 is 0 Å². The summed E-state index contributed by atoms with van der Waals surface area (Å²) in [6, 6.07) is 6.76. The number of hydrogen-bond acceptors (Lipinski definition) is 16. The van der Waals surface area contributed by atoms with Gasteiger partial charge in [-0.2, -0.15) is 0 Å². The maximum atomic E-state index is 13.4.